The van der Waals surface area contributed by atoms with Gasteiger partial charge in [-0.05, 0) is 43.0 Å². The number of nitro benzene ring substituents is 1. The van der Waals surface area contributed by atoms with E-state index in [9.17, 15) is 28.4 Å². The zero-order valence-electron chi connectivity index (χ0n) is 15.7. The molecule has 0 spiro atoms. The van der Waals surface area contributed by atoms with Crippen LogP contribution in [-0.4, -0.2) is 42.3 Å². The molecule has 1 aliphatic rings. The summed E-state index contributed by atoms with van der Waals surface area (Å²) in [5, 5.41) is 21.0. The molecule has 0 aromatic heterocycles. The van der Waals surface area contributed by atoms with E-state index in [1.165, 1.54) is 36.4 Å². The number of carbonyl (C=O) groups is 1. The van der Waals surface area contributed by atoms with E-state index in [1.54, 1.807) is 4.90 Å². The summed E-state index contributed by atoms with van der Waals surface area (Å²) in [5.74, 6) is -0.262. The number of hydrogen-bond donors (Lipinski definition) is 2. The minimum absolute atomic E-state index is 0.00153. The second kappa shape index (κ2) is 8.08. The summed E-state index contributed by atoms with van der Waals surface area (Å²) in [6, 6.07) is 8.48. The Hall–Kier alpha value is -3.14. The first-order chi connectivity index (χ1) is 13.7. The fourth-order valence-electron chi connectivity index (χ4n) is 3.29. The van der Waals surface area contributed by atoms with Gasteiger partial charge in [0.15, 0.2) is 0 Å². The van der Waals surface area contributed by atoms with Crippen LogP contribution in [0, 0.1) is 16.0 Å². The van der Waals surface area contributed by atoms with Crippen LogP contribution in [0.4, 0.5) is 11.4 Å². The van der Waals surface area contributed by atoms with Crippen molar-refractivity contribution >= 4 is 27.3 Å². The normalized spacial score (nSPS) is 17.0. The third-order valence-corrected chi connectivity index (χ3v) is 6.14. The van der Waals surface area contributed by atoms with Crippen molar-refractivity contribution in [3.05, 3.63) is 58.1 Å². The molecule has 0 aliphatic carbocycles. The lowest BCUT2D eigenvalue weighted by molar-refractivity contribution is -0.385. The van der Waals surface area contributed by atoms with Gasteiger partial charge in [-0.2, -0.15) is 0 Å². The first-order valence-electron chi connectivity index (χ1n) is 9.07. The Bertz CT molecular complexity index is 1050. The number of aromatic hydroxyl groups is 1. The number of piperidine rings is 1. The Morgan fingerprint density at radius 1 is 1.28 bits per heavy atom. The summed E-state index contributed by atoms with van der Waals surface area (Å²) >= 11 is 0. The van der Waals surface area contributed by atoms with Gasteiger partial charge in [0, 0.05) is 30.9 Å². The number of likely N-dealkylation sites (tertiary alicyclic amines) is 1. The Morgan fingerprint density at radius 2 is 2.03 bits per heavy atom. The number of anilines is 1. The molecule has 2 N–H and O–H groups in total. The monoisotopic (exact) mass is 419 g/mol. The van der Waals surface area contributed by atoms with Crippen molar-refractivity contribution in [3.63, 3.8) is 0 Å². The molecule has 1 unspecified atom stereocenters. The highest BCUT2D eigenvalue weighted by Gasteiger charge is 2.25. The molecule has 10 heteroatoms. The van der Waals surface area contributed by atoms with Crippen LogP contribution in [0.5, 0.6) is 5.75 Å². The molecule has 1 saturated heterocycles. The zero-order valence-corrected chi connectivity index (χ0v) is 16.6. The highest BCUT2D eigenvalue weighted by Crippen LogP contribution is 2.27. The molecule has 0 radical (unpaired) electrons. The fourth-order valence-corrected chi connectivity index (χ4v) is 4.38. The van der Waals surface area contributed by atoms with Crippen LogP contribution in [-0.2, 0) is 10.0 Å². The summed E-state index contributed by atoms with van der Waals surface area (Å²) in [4.78, 5) is 24.4. The SMILES string of the molecule is CC1CCCN(C(=O)c2cc(NS(=O)(=O)c3cccc([N+](=O)[O-])c3)ccc2O)C1. The Kier molecular flexibility index (Phi) is 5.73. The summed E-state index contributed by atoms with van der Waals surface area (Å²) in [6.07, 6.45) is 1.89. The molecule has 9 nitrogen and oxygen atoms in total. The molecule has 2 aromatic rings. The molecule has 1 amide bonds. The molecule has 154 valence electrons. The van der Waals surface area contributed by atoms with Crippen molar-refractivity contribution in [2.24, 2.45) is 5.92 Å². The number of nitro groups is 1. The van der Waals surface area contributed by atoms with Crippen LogP contribution < -0.4 is 4.72 Å². The Labute approximate surface area is 168 Å². The number of amides is 1. The van der Waals surface area contributed by atoms with E-state index in [4.69, 9.17) is 0 Å². The van der Waals surface area contributed by atoms with Crippen molar-refractivity contribution in [1.29, 1.82) is 0 Å². The number of benzene rings is 2. The molecule has 0 saturated carbocycles. The summed E-state index contributed by atoms with van der Waals surface area (Å²) in [5.41, 5.74) is -0.283. The molecule has 2 aromatic carbocycles. The van der Waals surface area contributed by atoms with Gasteiger partial charge in [-0.25, -0.2) is 8.42 Å². The molecule has 3 rings (SSSR count). The van der Waals surface area contributed by atoms with Crippen molar-refractivity contribution in [2.45, 2.75) is 24.7 Å². The lowest BCUT2D eigenvalue weighted by Crippen LogP contribution is -2.39. The predicted molar refractivity (Wildman–Crippen MR) is 106 cm³/mol. The van der Waals surface area contributed by atoms with E-state index in [2.05, 4.69) is 4.72 Å². The summed E-state index contributed by atoms with van der Waals surface area (Å²) < 4.78 is 27.5. The van der Waals surface area contributed by atoms with Gasteiger partial charge in [-0.1, -0.05) is 13.0 Å². The number of hydrogen-bond acceptors (Lipinski definition) is 6. The number of carbonyl (C=O) groups excluding carboxylic acids is 1. The highest BCUT2D eigenvalue weighted by molar-refractivity contribution is 7.92. The zero-order chi connectivity index (χ0) is 21.2. The van der Waals surface area contributed by atoms with Gasteiger partial charge in [0.05, 0.1) is 15.4 Å². The van der Waals surface area contributed by atoms with Gasteiger partial charge in [-0.15, -0.1) is 0 Å². The number of phenols is 1. The fraction of sp³-hybridized carbons (Fsp3) is 0.316. The van der Waals surface area contributed by atoms with Crippen molar-refractivity contribution in [3.8, 4) is 5.75 Å². The third kappa shape index (κ3) is 4.65. The van der Waals surface area contributed by atoms with Crippen LogP contribution in [0.25, 0.3) is 0 Å². The van der Waals surface area contributed by atoms with E-state index in [-0.39, 0.29) is 33.5 Å². The number of phenolic OH excluding ortho intramolecular Hbond substituents is 1. The molecule has 1 fully saturated rings. The minimum atomic E-state index is -4.12. The van der Waals surface area contributed by atoms with Crippen molar-refractivity contribution in [1.82, 2.24) is 4.90 Å². The van der Waals surface area contributed by atoms with Gasteiger partial charge in [-0.3, -0.25) is 19.6 Å². The van der Waals surface area contributed by atoms with E-state index in [0.717, 1.165) is 18.9 Å². The lowest BCUT2D eigenvalue weighted by Gasteiger charge is -2.31. The molecule has 1 atom stereocenters. The highest BCUT2D eigenvalue weighted by atomic mass is 32.2. The maximum absolute atomic E-state index is 12.8. The topological polar surface area (TPSA) is 130 Å². The first-order valence-corrected chi connectivity index (χ1v) is 10.6. The van der Waals surface area contributed by atoms with Crippen LogP contribution >= 0.6 is 0 Å². The Balaban J connectivity index is 1.86. The molecule has 1 heterocycles. The minimum Gasteiger partial charge on any atom is -0.507 e. The van der Waals surface area contributed by atoms with Gasteiger partial charge in [0.2, 0.25) is 0 Å². The second-order valence-corrected chi connectivity index (χ2v) is 8.77. The Morgan fingerprint density at radius 3 is 2.72 bits per heavy atom. The van der Waals surface area contributed by atoms with Gasteiger partial charge in [0.1, 0.15) is 5.75 Å². The molecule has 1 aliphatic heterocycles. The third-order valence-electron chi connectivity index (χ3n) is 4.76. The maximum atomic E-state index is 12.8. The van der Waals surface area contributed by atoms with E-state index >= 15 is 0 Å². The van der Waals surface area contributed by atoms with Gasteiger partial charge < -0.3 is 10.0 Å². The molecule has 29 heavy (non-hydrogen) atoms. The standard InChI is InChI=1S/C19H21N3O6S/c1-13-4-3-9-21(12-13)19(24)17-10-14(7-8-18(17)23)20-29(27,28)16-6-2-5-15(11-16)22(25)26/h2,5-8,10-11,13,20,23H,3-4,9,12H2,1H3. The van der Waals surface area contributed by atoms with E-state index < -0.39 is 14.9 Å². The number of rotatable bonds is 5. The van der Waals surface area contributed by atoms with Crippen LogP contribution in [0.3, 0.4) is 0 Å². The average Bonchev–Trinajstić information content (AvgIpc) is 2.69. The molecular weight excluding hydrogens is 398 g/mol. The first kappa shape index (κ1) is 20.6. The van der Waals surface area contributed by atoms with Gasteiger partial charge in [0.25, 0.3) is 21.6 Å². The number of sulfonamides is 1. The predicted octanol–water partition coefficient (Wildman–Crippen LogP) is 2.97. The molecule has 0 bridgehead atoms. The van der Waals surface area contributed by atoms with Crippen molar-refractivity contribution in [2.75, 3.05) is 17.8 Å². The smallest absolute Gasteiger partial charge is 0.270 e. The largest absolute Gasteiger partial charge is 0.507 e. The van der Waals surface area contributed by atoms with E-state index in [0.29, 0.717) is 19.0 Å². The van der Waals surface area contributed by atoms with Crippen LogP contribution in [0.15, 0.2) is 47.4 Å². The average molecular weight is 419 g/mol. The lowest BCUT2D eigenvalue weighted by atomic mass is 9.99. The number of nitrogens with one attached hydrogen (secondary N) is 1. The number of nitrogens with zero attached hydrogens (tertiary/aromatic N) is 2. The maximum Gasteiger partial charge on any atom is 0.270 e. The number of non-ortho nitro benzene ring substituents is 1. The van der Waals surface area contributed by atoms with Crippen molar-refractivity contribution < 1.29 is 23.2 Å². The summed E-state index contributed by atoms with van der Waals surface area (Å²) in [7, 11) is -4.12. The molecular formula is C19H21N3O6S. The van der Waals surface area contributed by atoms with Crippen LogP contribution in [0.2, 0.25) is 0 Å². The summed E-state index contributed by atoms with van der Waals surface area (Å²) in [6.45, 7) is 3.19. The van der Waals surface area contributed by atoms with E-state index in [1.807, 2.05) is 6.92 Å². The van der Waals surface area contributed by atoms with Gasteiger partial charge >= 0.3 is 0 Å². The van der Waals surface area contributed by atoms with Crippen LogP contribution in [0.1, 0.15) is 30.1 Å². The quantitative estimate of drug-likeness (QED) is 0.435. The second-order valence-electron chi connectivity index (χ2n) is 7.09.